The fourth-order valence-corrected chi connectivity index (χ4v) is 2.63. The number of thiazole rings is 1. The number of rotatable bonds is 5. The van der Waals surface area contributed by atoms with Crippen LogP contribution < -0.4 is 10.6 Å². The lowest BCUT2D eigenvalue weighted by Gasteiger charge is -2.17. The number of nitrogens with one attached hydrogen (secondary N) is 2. The lowest BCUT2D eigenvalue weighted by molar-refractivity contribution is -0.120. The highest BCUT2D eigenvalue weighted by molar-refractivity contribution is 7.15. The van der Waals surface area contributed by atoms with Gasteiger partial charge in [-0.2, -0.15) is 0 Å². The molecule has 0 bridgehead atoms. The monoisotopic (exact) mass is 303 g/mol. The molecule has 2 amide bonds. The minimum atomic E-state index is -0.343. The van der Waals surface area contributed by atoms with E-state index in [2.05, 4.69) is 15.6 Å². The molecule has 0 spiro atoms. The van der Waals surface area contributed by atoms with Crippen LogP contribution in [0.15, 0.2) is 36.5 Å². The van der Waals surface area contributed by atoms with Gasteiger partial charge in [0.2, 0.25) is 11.8 Å². The largest absolute Gasteiger partial charge is 0.349 e. The van der Waals surface area contributed by atoms with Gasteiger partial charge < -0.3 is 10.6 Å². The molecule has 1 aromatic carbocycles. The van der Waals surface area contributed by atoms with Crippen molar-refractivity contribution in [2.24, 2.45) is 0 Å². The van der Waals surface area contributed by atoms with Crippen LogP contribution in [0.25, 0.3) is 0 Å². The van der Waals surface area contributed by atoms with E-state index < -0.39 is 0 Å². The van der Waals surface area contributed by atoms with E-state index in [4.69, 9.17) is 0 Å². The fraction of sp³-hybridized carbons (Fsp3) is 0.267. The third-order valence-electron chi connectivity index (χ3n) is 2.84. The molecular formula is C15H17N3O2S. The Balaban J connectivity index is 2.04. The predicted octanol–water partition coefficient (Wildman–Crippen LogP) is 2.66. The molecular weight excluding hydrogens is 286 g/mol. The molecule has 1 atom stereocenters. The van der Waals surface area contributed by atoms with Crippen LogP contribution in [-0.4, -0.2) is 16.8 Å². The van der Waals surface area contributed by atoms with Crippen molar-refractivity contribution in [2.45, 2.75) is 26.3 Å². The molecule has 0 aliphatic rings. The zero-order valence-corrected chi connectivity index (χ0v) is 12.7. The summed E-state index contributed by atoms with van der Waals surface area (Å²) in [5, 5.41) is 6.13. The number of hydrogen-bond acceptors (Lipinski definition) is 4. The van der Waals surface area contributed by atoms with Gasteiger partial charge in [-0.15, -0.1) is 11.3 Å². The molecule has 110 valence electrons. The smallest absolute Gasteiger partial charge is 0.228 e. The van der Waals surface area contributed by atoms with Crippen LogP contribution in [0, 0.1) is 6.92 Å². The van der Waals surface area contributed by atoms with Crippen molar-refractivity contribution in [3.63, 3.8) is 0 Å². The molecule has 0 saturated heterocycles. The molecule has 0 saturated carbocycles. The fourth-order valence-electron chi connectivity index (χ4n) is 1.95. The van der Waals surface area contributed by atoms with Gasteiger partial charge in [0.1, 0.15) is 0 Å². The molecule has 5 nitrogen and oxygen atoms in total. The highest BCUT2D eigenvalue weighted by atomic mass is 32.1. The Kier molecular flexibility index (Phi) is 5.05. The molecule has 0 aliphatic carbocycles. The zero-order chi connectivity index (χ0) is 15.2. The van der Waals surface area contributed by atoms with Gasteiger partial charge in [-0.05, 0) is 12.5 Å². The van der Waals surface area contributed by atoms with Gasteiger partial charge in [-0.25, -0.2) is 4.98 Å². The van der Waals surface area contributed by atoms with Gasteiger partial charge in [-0.1, -0.05) is 30.3 Å². The van der Waals surface area contributed by atoms with Crippen LogP contribution in [0.2, 0.25) is 0 Å². The standard InChI is InChI=1S/C15H17N3O2S/c1-10-9-16-15(21-10)18-14(20)8-13(17-11(2)19)12-6-4-3-5-7-12/h3-7,9,13H,8H2,1-2H3,(H,17,19)(H,16,18,20)/t13-/m0/s1. The minimum Gasteiger partial charge on any atom is -0.349 e. The molecule has 21 heavy (non-hydrogen) atoms. The molecule has 2 aromatic rings. The average Bonchev–Trinajstić information content (AvgIpc) is 2.83. The van der Waals surface area contributed by atoms with E-state index in [1.165, 1.54) is 18.3 Å². The third kappa shape index (κ3) is 4.68. The van der Waals surface area contributed by atoms with Crippen molar-refractivity contribution in [3.05, 3.63) is 47.0 Å². The lowest BCUT2D eigenvalue weighted by Crippen LogP contribution is -2.29. The van der Waals surface area contributed by atoms with E-state index in [1.54, 1.807) is 6.20 Å². The Bertz CT molecular complexity index is 625. The van der Waals surface area contributed by atoms with Gasteiger partial charge in [0.05, 0.1) is 12.5 Å². The molecule has 0 radical (unpaired) electrons. The number of nitrogens with zero attached hydrogens (tertiary/aromatic N) is 1. The van der Waals surface area contributed by atoms with Crippen molar-refractivity contribution in [1.82, 2.24) is 10.3 Å². The van der Waals surface area contributed by atoms with Crippen molar-refractivity contribution >= 4 is 28.3 Å². The Hall–Kier alpha value is -2.21. The van der Waals surface area contributed by atoms with E-state index in [0.717, 1.165) is 10.4 Å². The molecule has 0 fully saturated rings. The summed E-state index contributed by atoms with van der Waals surface area (Å²) in [6.45, 7) is 3.37. The van der Waals surface area contributed by atoms with Gasteiger partial charge >= 0.3 is 0 Å². The molecule has 0 unspecified atom stereocenters. The second kappa shape index (κ2) is 6.99. The number of hydrogen-bond donors (Lipinski definition) is 2. The first-order valence-electron chi connectivity index (χ1n) is 6.59. The van der Waals surface area contributed by atoms with Crippen LogP contribution in [0.1, 0.15) is 29.8 Å². The summed E-state index contributed by atoms with van der Waals surface area (Å²) < 4.78 is 0. The van der Waals surface area contributed by atoms with Gasteiger partial charge in [0, 0.05) is 18.0 Å². The molecule has 1 aromatic heterocycles. The van der Waals surface area contributed by atoms with Crippen molar-refractivity contribution in [1.29, 1.82) is 0 Å². The van der Waals surface area contributed by atoms with Crippen molar-refractivity contribution in [3.8, 4) is 0 Å². The number of carbonyl (C=O) groups excluding carboxylic acids is 2. The Morgan fingerprint density at radius 3 is 2.57 bits per heavy atom. The van der Waals surface area contributed by atoms with E-state index in [1.807, 2.05) is 37.3 Å². The number of aromatic nitrogens is 1. The quantitative estimate of drug-likeness (QED) is 0.892. The highest BCUT2D eigenvalue weighted by Gasteiger charge is 2.17. The van der Waals surface area contributed by atoms with Gasteiger partial charge in [0.15, 0.2) is 5.13 Å². The normalized spacial score (nSPS) is 11.7. The first-order valence-corrected chi connectivity index (χ1v) is 7.40. The Morgan fingerprint density at radius 2 is 2.00 bits per heavy atom. The zero-order valence-electron chi connectivity index (χ0n) is 11.9. The summed E-state index contributed by atoms with van der Waals surface area (Å²) in [6, 6.07) is 9.10. The van der Waals surface area contributed by atoms with Crippen molar-refractivity contribution in [2.75, 3.05) is 5.32 Å². The molecule has 0 aliphatic heterocycles. The SMILES string of the molecule is CC(=O)N[C@@H](CC(=O)Nc1ncc(C)s1)c1ccccc1. The van der Waals surface area contributed by atoms with E-state index in [0.29, 0.717) is 5.13 Å². The summed E-state index contributed by atoms with van der Waals surface area (Å²) in [4.78, 5) is 28.5. The summed E-state index contributed by atoms with van der Waals surface area (Å²) in [5.41, 5.74) is 0.901. The first-order chi connectivity index (χ1) is 10.0. The van der Waals surface area contributed by atoms with Crippen molar-refractivity contribution < 1.29 is 9.59 Å². The summed E-state index contributed by atoms with van der Waals surface area (Å²) in [6.07, 6.45) is 1.88. The van der Waals surface area contributed by atoms with Gasteiger partial charge in [0.25, 0.3) is 0 Å². The number of benzene rings is 1. The molecule has 2 N–H and O–H groups in total. The highest BCUT2D eigenvalue weighted by Crippen LogP contribution is 2.20. The number of aryl methyl sites for hydroxylation is 1. The topological polar surface area (TPSA) is 71.1 Å². The number of anilines is 1. The average molecular weight is 303 g/mol. The maximum atomic E-state index is 12.1. The third-order valence-corrected chi connectivity index (χ3v) is 3.66. The second-order valence-electron chi connectivity index (χ2n) is 4.69. The minimum absolute atomic E-state index is 0.165. The summed E-state index contributed by atoms with van der Waals surface area (Å²) in [7, 11) is 0. The van der Waals surface area contributed by atoms with E-state index >= 15 is 0 Å². The first kappa shape index (κ1) is 15.2. The second-order valence-corrected chi connectivity index (χ2v) is 5.93. The van der Waals surface area contributed by atoms with Crippen LogP contribution in [-0.2, 0) is 9.59 Å². The molecule has 1 heterocycles. The molecule has 6 heteroatoms. The van der Waals surface area contributed by atoms with Gasteiger partial charge in [-0.3, -0.25) is 9.59 Å². The van der Waals surface area contributed by atoms with Crippen LogP contribution in [0.3, 0.4) is 0 Å². The van der Waals surface area contributed by atoms with Crippen LogP contribution >= 0.6 is 11.3 Å². The number of carbonyl (C=O) groups is 2. The summed E-state index contributed by atoms with van der Waals surface area (Å²) >= 11 is 1.42. The van der Waals surface area contributed by atoms with Crippen LogP contribution in [0.4, 0.5) is 5.13 Å². The summed E-state index contributed by atoms with van der Waals surface area (Å²) in [5.74, 6) is -0.339. The lowest BCUT2D eigenvalue weighted by atomic mass is 10.0. The maximum Gasteiger partial charge on any atom is 0.228 e. The Labute approximate surface area is 127 Å². The van der Waals surface area contributed by atoms with E-state index in [9.17, 15) is 9.59 Å². The number of amides is 2. The predicted molar refractivity (Wildman–Crippen MR) is 83.1 cm³/mol. The van der Waals surface area contributed by atoms with Crippen LogP contribution in [0.5, 0.6) is 0 Å². The Morgan fingerprint density at radius 1 is 1.29 bits per heavy atom. The van der Waals surface area contributed by atoms with E-state index in [-0.39, 0.29) is 24.3 Å². The molecule has 2 rings (SSSR count). The maximum absolute atomic E-state index is 12.1.